The smallest absolute Gasteiger partial charge is 0.173 e. The van der Waals surface area contributed by atoms with E-state index in [9.17, 15) is 4.79 Å². The number of allylic oxidation sites excluding steroid dienone is 1. The van der Waals surface area contributed by atoms with Gasteiger partial charge in [0.2, 0.25) is 0 Å². The molecule has 0 aromatic heterocycles. The van der Waals surface area contributed by atoms with Crippen LogP contribution < -0.4 is 5.32 Å². The van der Waals surface area contributed by atoms with E-state index in [4.69, 9.17) is 12.2 Å². The highest BCUT2D eigenvalue weighted by molar-refractivity contribution is 9.10. The van der Waals surface area contributed by atoms with Crippen LogP contribution in [-0.4, -0.2) is 22.3 Å². The van der Waals surface area contributed by atoms with Gasteiger partial charge in [0.05, 0.1) is 6.04 Å². The second-order valence-electron chi connectivity index (χ2n) is 5.29. The largest absolute Gasteiger partial charge is 0.351 e. The molecule has 1 atom stereocenters. The Morgan fingerprint density at radius 3 is 2.86 bits per heavy atom. The molecule has 0 bridgehead atoms. The van der Waals surface area contributed by atoms with Crippen LogP contribution in [0.1, 0.15) is 37.8 Å². The molecule has 3 nitrogen and oxygen atoms in total. The van der Waals surface area contributed by atoms with E-state index >= 15 is 0 Å². The van der Waals surface area contributed by atoms with Crippen LogP contribution in [0.3, 0.4) is 0 Å². The van der Waals surface area contributed by atoms with E-state index in [1.165, 1.54) is 0 Å². The van der Waals surface area contributed by atoms with E-state index in [1.54, 1.807) is 0 Å². The van der Waals surface area contributed by atoms with Crippen molar-refractivity contribution < 1.29 is 4.79 Å². The van der Waals surface area contributed by atoms with Gasteiger partial charge in [-0.2, -0.15) is 0 Å². The number of thiocarbonyl (C=S) groups is 1. The predicted molar refractivity (Wildman–Crippen MR) is 90.9 cm³/mol. The lowest BCUT2D eigenvalue weighted by molar-refractivity contribution is -0.116. The fourth-order valence-corrected chi connectivity index (χ4v) is 4.00. The van der Waals surface area contributed by atoms with Crippen LogP contribution >= 0.6 is 28.1 Å². The molecular formula is C16H17BrN2OS. The zero-order valence-electron chi connectivity index (χ0n) is 11.9. The lowest BCUT2D eigenvalue weighted by atomic mass is 9.85. The first-order chi connectivity index (χ1) is 10.1. The molecule has 110 valence electrons. The van der Waals surface area contributed by atoms with Crippen LogP contribution in [0.5, 0.6) is 0 Å². The Balaban J connectivity index is 2.15. The number of benzene rings is 1. The topological polar surface area (TPSA) is 32.3 Å². The van der Waals surface area contributed by atoms with Gasteiger partial charge >= 0.3 is 0 Å². The van der Waals surface area contributed by atoms with Crippen molar-refractivity contribution in [3.05, 3.63) is 45.6 Å². The van der Waals surface area contributed by atoms with E-state index in [2.05, 4.69) is 33.1 Å². The third-order valence-electron chi connectivity index (χ3n) is 4.09. The molecule has 5 heteroatoms. The van der Waals surface area contributed by atoms with Crippen LogP contribution in [0.2, 0.25) is 0 Å². The molecule has 0 saturated heterocycles. The molecule has 0 radical (unpaired) electrons. The van der Waals surface area contributed by atoms with Gasteiger partial charge in [0, 0.05) is 28.7 Å². The quantitative estimate of drug-likeness (QED) is 0.810. The second kappa shape index (κ2) is 5.89. The molecule has 21 heavy (non-hydrogen) atoms. The SMILES string of the molecule is CCN1C(=S)NC(c2ccccc2Br)C2=C1CCCC2=O. The summed E-state index contributed by atoms with van der Waals surface area (Å²) in [5.41, 5.74) is 3.07. The lowest BCUT2D eigenvalue weighted by Gasteiger charge is -2.40. The highest BCUT2D eigenvalue weighted by atomic mass is 79.9. The fourth-order valence-electron chi connectivity index (χ4n) is 3.13. The van der Waals surface area contributed by atoms with E-state index < -0.39 is 0 Å². The predicted octanol–water partition coefficient (Wildman–Crippen LogP) is 3.71. The molecule has 1 aromatic carbocycles. The van der Waals surface area contributed by atoms with Crippen molar-refractivity contribution in [3.63, 3.8) is 0 Å². The molecule has 1 aliphatic carbocycles. The van der Waals surface area contributed by atoms with Crippen molar-refractivity contribution in [3.8, 4) is 0 Å². The van der Waals surface area contributed by atoms with Gasteiger partial charge in [0.1, 0.15) is 0 Å². The summed E-state index contributed by atoms with van der Waals surface area (Å²) in [5, 5.41) is 4.07. The Morgan fingerprint density at radius 2 is 2.14 bits per heavy atom. The van der Waals surface area contributed by atoms with Crippen LogP contribution in [-0.2, 0) is 4.79 Å². The summed E-state index contributed by atoms with van der Waals surface area (Å²) in [5.74, 6) is 0.241. The molecule has 1 aromatic rings. The Bertz CT molecular complexity index is 641. The first kappa shape index (κ1) is 14.7. The zero-order chi connectivity index (χ0) is 15.0. The maximum atomic E-state index is 12.5. The third-order valence-corrected chi connectivity index (χ3v) is 5.15. The maximum absolute atomic E-state index is 12.5. The molecule has 1 N–H and O–H groups in total. The van der Waals surface area contributed by atoms with Crippen LogP contribution in [0.25, 0.3) is 0 Å². The number of nitrogens with zero attached hydrogens (tertiary/aromatic N) is 1. The van der Waals surface area contributed by atoms with E-state index in [1.807, 2.05) is 24.3 Å². The molecule has 0 amide bonds. The van der Waals surface area contributed by atoms with Gasteiger partial charge in [0.15, 0.2) is 10.9 Å². The van der Waals surface area contributed by atoms with Gasteiger partial charge in [-0.3, -0.25) is 4.79 Å². The number of Topliss-reactive ketones (excluding diaryl/α,β-unsaturated/α-hetero) is 1. The Hall–Kier alpha value is -1.20. The number of hydrogen-bond acceptors (Lipinski definition) is 2. The van der Waals surface area contributed by atoms with Crippen molar-refractivity contribution in [2.45, 2.75) is 32.2 Å². The van der Waals surface area contributed by atoms with Crippen molar-refractivity contribution in [2.24, 2.45) is 0 Å². The summed E-state index contributed by atoms with van der Waals surface area (Å²) in [6.07, 6.45) is 2.48. The summed E-state index contributed by atoms with van der Waals surface area (Å²) in [6, 6.07) is 7.87. The van der Waals surface area contributed by atoms with Gasteiger partial charge in [-0.1, -0.05) is 34.1 Å². The molecule has 0 spiro atoms. The second-order valence-corrected chi connectivity index (χ2v) is 6.53. The van der Waals surface area contributed by atoms with Gasteiger partial charge in [-0.05, 0) is 43.6 Å². The number of carbonyl (C=O) groups is 1. The average Bonchev–Trinajstić information content (AvgIpc) is 2.47. The number of carbonyl (C=O) groups excluding carboxylic acids is 1. The molecule has 0 fully saturated rings. The standard InChI is InChI=1S/C16H17BrN2OS/c1-2-19-12-8-5-9-13(20)14(12)15(18-16(19)21)10-6-3-4-7-11(10)17/h3-4,6-7,15H,2,5,8-9H2,1H3,(H,18,21). The molecule has 3 rings (SSSR count). The summed E-state index contributed by atoms with van der Waals surface area (Å²) in [7, 11) is 0. The zero-order valence-corrected chi connectivity index (χ0v) is 14.3. The molecule has 1 unspecified atom stereocenters. The summed E-state index contributed by atoms with van der Waals surface area (Å²) in [4.78, 5) is 14.6. The van der Waals surface area contributed by atoms with Crippen molar-refractivity contribution in [2.75, 3.05) is 6.54 Å². The average molecular weight is 365 g/mol. The Kier molecular flexibility index (Phi) is 4.13. The number of ketones is 1. The minimum atomic E-state index is -0.140. The summed E-state index contributed by atoms with van der Waals surface area (Å²) < 4.78 is 1.00. The first-order valence-corrected chi connectivity index (χ1v) is 8.42. The molecule has 1 heterocycles. The Labute approximate surface area is 138 Å². The monoisotopic (exact) mass is 364 g/mol. The highest BCUT2D eigenvalue weighted by Gasteiger charge is 2.37. The normalized spacial score (nSPS) is 22.2. The lowest BCUT2D eigenvalue weighted by Crippen LogP contribution is -2.49. The van der Waals surface area contributed by atoms with E-state index in [0.29, 0.717) is 11.5 Å². The number of halogens is 1. The summed E-state index contributed by atoms with van der Waals surface area (Å²) >= 11 is 9.10. The van der Waals surface area contributed by atoms with E-state index in [-0.39, 0.29) is 11.8 Å². The minimum absolute atomic E-state index is 0.140. The van der Waals surface area contributed by atoms with Gasteiger partial charge < -0.3 is 10.2 Å². The minimum Gasteiger partial charge on any atom is -0.351 e. The fraction of sp³-hybridized carbons (Fsp3) is 0.375. The number of nitrogens with one attached hydrogen (secondary N) is 1. The van der Waals surface area contributed by atoms with Crippen LogP contribution in [0.4, 0.5) is 0 Å². The Morgan fingerprint density at radius 1 is 1.38 bits per heavy atom. The van der Waals surface area contributed by atoms with E-state index in [0.717, 1.165) is 40.7 Å². The van der Waals surface area contributed by atoms with Crippen LogP contribution in [0.15, 0.2) is 40.0 Å². The van der Waals surface area contributed by atoms with Crippen LogP contribution in [0, 0.1) is 0 Å². The molecule has 2 aliphatic rings. The van der Waals surface area contributed by atoms with Gasteiger partial charge in [0.25, 0.3) is 0 Å². The third kappa shape index (κ3) is 2.53. The number of rotatable bonds is 2. The molecule has 1 aliphatic heterocycles. The van der Waals surface area contributed by atoms with Crippen molar-refractivity contribution in [1.29, 1.82) is 0 Å². The summed E-state index contributed by atoms with van der Waals surface area (Å²) in [6.45, 7) is 2.86. The molecule has 0 saturated carbocycles. The maximum Gasteiger partial charge on any atom is 0.173 e. The van der Waals surface area contributed by atoms with Gasteiger partial charge in [-0.15, -0.1) is 0 Å². The number of hydrogen-bond donors (Lipinski definition) is 1. The highest BCUT2D eigenvalue weighted by Crippen LogP contribution is 2.39. The van der Waals surface area contributed by atoms with Crippen molar-refractivity contribution in [1.82, 2.24) is 10.2 Å². The van der Waals surface area contributed by atoms with Gasteiger partial charge in [-0.25, -0.2) is 0 Å². The van der Waals surface area contributed by atoms with Crippen molar-refractivity contribution >= 4 is 39.0 Å². The molecular weight excluding hydrogens is 348 g/mol. The first-order valence-electron chi connectivity index (χ1n) is 7.22.